The van der Waals surface area contributed by atoms with Crippen LogP contribution in [0.3, 0.4) is 0 Å². The number of aryl methyl sites for hydroxylation is 2. The van der Waals surface area contributed by atoms with Crippen molar-refractivity contribution in [2.24, 2.45) is 7.05 Å². The van der Waals surface area contributed by atoms with Crippen molar-refractivity contribution in [2.45, 2.75) is 45.0 Å². The van der Waals surface area contributed by atoms with Gasteiger partial charge in [-0.1, -0.05) is 29.8 Å². The van der Waals surface area contributed by atoms with Crippen molar-refractivity contribution in [3.05, 3.63) is 76.5 Å². The van der Waals surface area contributed by atoms with E-state index in [2.05, 4.69) is 5.10 Å². The minimum absolute atomic E-state index is 0.0387. The number of sulfonamides is 1. The lowest BCUT2D eigenvalue weighted by Gasteiger charge is -2.21. The maximum Gasteiger partial charge on any atom is 0.219 e. The Balaban J connectivity index is 1.63. The minimum atomic E-state index is -3.55. The monoisotopic (exact) mass is 399 g/mol. The standard InChI is InChI=1S/C21H25N3O3S/c1-16-8-10-17(11-9-16)15-28(25,26)24(13-18-5-4-12-27-18)14-20-19-6-3-7-21(19)23(2)22-20/h4-5,8-12H,3,6-7,13-15H2,1-2H3. The van der Waals surface area contributed by atoms with Crippen molar-refractivity contribution < 1.29 is 12.8 Å². The highest BCUT2D eigenvalue weighted by atomic mass is 32.2. The molecule has 4 rings (SSSR count). The van der Waals surface area contributed by atoms with Gasteiger partial charge in [-0.05, 0) is 49.4 Å². The van der Waals surface area contributed by atoms with E-state index >= 15 is 0 Å². The fourth-order valence-electron chi connectivity index (χ4n) is 3.81. The summed E-state index contributed by atoms with van der Waals surface area (Å²) < 4.78 is 35.4. The first kappa shape index (κ1) is 19.0. The molecule has 148 valence electrons. The summed E-state index contributed by atoms with van der Waals surface area (Å²) in [7, 11) is -1.61. The summed E-state index contributed by atoms with van der Waals surface area (Å²) in [5.74, 6) is 0.586. The van der Waals surface area contributed by atoms with Gasteiger partial charge in [0.05, 0.1) is 30.8 Å². The molecule has 0 saturated heterocycles. The molecule has 0 unspecified atom stereocenters. The third kappa shape index (κ3) is 3.91. The van der Waals surface area contributed by atoms with Crippen LogP contribution in [0.15, 0.2) is 47.1 Å². The molecule has 1 aliphatic carbocycles. The van der Waals surface area contributed by atoms with Crippen LogP contribution in [0.25, 0.3) is 0 Å². The second kappa shape index (κ2) is 7.56. The number of furan rings is 1. The van der Waals surface area contributed by atoms with Crippen molar-refractivity contribution >= 4 is 10.0 Å². The topological polar surface area (TPSA) is 68.3 Å². The predicted molar refractivity (Wildman–Crippen MR) is 107 cm³/mol. The second-order valence-corrected chi connectivity index (χ2v) is 9.41. The van der Waals surface area contributed by atoms with Gasteiger partial charge in [0, 0.05) is 12.7 Å². The smallest absolute Gasteiger partial charge is 0.219 e. The van der Waals surface area contributed by atoms with Crippen molar-refractivity contribution in [1.82, 2.24) is 14.1 Å². The summed E-state index contributed by atoms with van der Waals surface area (Å²) in [4.78, 5) is 0. The molecule has 0 fully saturated rings. The second-order valence-electron chi connectivity index (χ2n) is 7.44. The molecule has 0 N–H and O–H groups in total. The summed E-state index contributed by atoms with van der Waals surface area (Å²) in [6.45, 7) is 2.45. The van der Waals surface area contributed by atoms with Crippen LogP contribution in [0, 0.1) is 6.92 Å². The molecule has 28 heavy (non-hydrogen) atoms. The van der Waals surface area contributed by atoms with Gasteiger partial charge in [-0.25, -0.2) is 8.42 Å². The molecule has 0 bridgehead atoms. The lowest BCUT2D eigenvalue weighted by Crippen LogP contribution is -2.31. The summed E-state index contributed by atoms with van der Waals surface area (Å²) >= 11 is 0. The Morgan fingerprint density at radius 3 is 2.64 bits per heavy atom. The van der Waals surface area contributed by atoms with Gasteiger partial charge < -0.3 is 4.42 Å². The van der Waals surface area contributed by atoms with Crippen LogP contribution in [0.1, 0.15) is 40.3 Å². The van der Waals surface area contributed by atoms with Crippen molar-refractivity contribution in [3.63, 3.8) is 0 Å². The molecule has 3 aromatic rings. The number of aromatic nitrogens is 2. The summed E-state index contributed by atoms with van der Waals surface area (Å²) in [6.07, 6.45) is 4.64. The average Bonchev–Trinajstić information content (AvgIpc) is 3.37. The molecule has 0 aliphatic heterocycles. The fraction of sp³-hybridized carbons (Fsp3) is 0.381. The quantitative estimate of drug-likeness (QED) is 0.611. The molecular weight excluding hydrogens is 374 g/mol. The van der Waals surface area contributed by atoms with Crippen LogP contribution < -0.4 is 0 Å². The molecule has 7 heteroatoms. The number of hydrogen-bond acceptors (Lipinski definition) is 4. The number of rotatable bonds is 7. The number of nitrogens with zero attached hydrogens (tertiary/aromatic N) is 3. The first-order valence-electron chi connectivity index (χ1n) is 9.52. The zero-order valence-electron chi connectivity index (χ0n) is 16.3. The number of fused-ring (bicyclic) bond motifs is 1. The average molecular weight is 400 g/mol. The van der Waals surface area contributed by atoms with E-state index in [1.165, 1.54) is 15.6 Å². The van der Waals surface area contributed by atoms with Crippen LogP contribution in [0.2, 0.25) is 0 Å². The van der Waals surface area contributed by atoms with Crippen molar-refractivity contribution in [3.8, 4) is 0 Å². The zero-order valence-corrected chi connectivity index (χ0v) is 17.1. The summed E-state index contributed by atoms with van der Waals surface area (Å²) in [5, 5.41) is 4.61. The van der Waals surface area contributed by atoms with Crippen LogP contribution >= 0.6 is 0 Å². The van der Waals surface area contributed by atoms with E-state index < -0.39 is 10.0 Å². The minimum Gasteiger partial charge on any atom is -0.468 e. The van der Waals surface area contributed by atoms with Gasteiger partial charge in [0.15, 0.2) is 0 Å². The molecule has 6 nitrogen and oxygen atoms in total. The summed E-state index contributed by atoms with van der Waals surface area (Å²) in [6, 6.07) is 11.2. The molecule has 0 amide bonds. The van der Waals surface area contributed by atoms with Gasteiger partial charge >= 0.3 is 0 Å². The maximum atomic E-state index is 13.3. The Hall–Kier alpha value is -2.38. The van der Waals surface area contributed by atoms with E-state index in [0.29, 0.717) is 5.76 Å². The van der Waals surface area contributed by atoms with E-state index in [-0.39, 0.29) is 18.8 Å². The third-order valence-corrected chi connectivity index (χ3v) is 7.04. The number of benzene rings is 1. The highest BCUT2D eigenvalue weighted by Crippen LogP contribution is 2.27. The molecule has 0 atom stereocenters. The molecule has 0 spiro atoms. The van der Waals surface area contributed by atoms with Gasteiger partial charge in [-0.2, -0.15) is 9.40 Å². The van der Waals surface area contributed by atoms with Gasteiger partial charge in [0.2, 0.25) is 10.0 Å². The Bertz CT molecular complexity index is 1050. The van der Waals surface area contributed by atoms with Crippen molar-refractivity contribution in [1.29, 1.82) is 0 Å². The summed E-state index contributed by atoms with van der Waals surface area (Å²) in [5.41, 5.74) is 5.18. The zero-order chi connectivity index (χ0) is 19.7. The predicted octanol–water partition coefficient (Wildman–Crippen LogP) is 3.34. The van der Waals surface area contributed by atoms with E-state index in [9.17, 15) is 8.42 Å². The SMILES string of the molecule is Cc1ccc(CS(=O)(=O)N(Cc2ccco2)Cc2nn(C)c3c2CCC3)cc1. The first-order valence-corrected chi connectivity index (χ1v) is 11.1. The molecule has 2 heterocycles. The van der Waals surface area contributed by atoms with Crippen LogP contribution in [-0.2, 0) is 48.8 Å². The molecule has 0 radical (unpaired) electrons. The lowest BCUT2D eigenvalue weighted by atomic mass is 10.2. The van der Waals surface area contributed by atoms with E-state index in [1.54, 1.807) is 18.4 Å². The molecule has 0 saturated carbocycles. The molecule has 1 aliphatic rings. The van der Waals surface area contributed by atoms with Gasteiger partial charge in [0.25, 0.3) is 0 Å². The van der Waals surface area contributed by atoms with Crippen LogP contribution in [-0.4, -0.2) is 22.5 Å². The maximum absolute atomic E-state index is 13.3. The van der Waals surface area contributed by atoms with E-state index in [4.69, 9.17) is 4.42 Å². The van der Waals surface area contributed by atoms with Crippen LogP contribution in [0.4, 0.5) is 0 Å². The Morgan fingerprint density at radius 2 is 1.93 bits per heavy atom. The largest absolute Gasteiger partial charge is 0.468 e. The van der Waals surface area contributed by atoms with Crippen molar-refractivity contribution in [2.75, 3.05) is 0 Å². The molecule has 1 aromatic carbocycles. The van der Waals surface area contributed by atoms with Gasteiger partial charge in [-0.15, -0.1) is 0 Å². The Morgan fingerprint density at radius 1 is 1.14 bits per heavy atom. The third-order valence-electron chi connectivity index (χ3n) is 5.30. The van der Waals surface area contributed by atoms with E-state index in [1.807, 2.05) is 42.9 Å². The van der Waals surface area contributed by atoms with Crippen LogP contribution in [0.5, 0.6) is 0 Å². The first-order chi connectivity index (χ1) is 13.4. The number of hydrogen-bond donors (Lipinski definition) is 0. The van der Waals surface area contributed by atoms with Gasteiger partial charge in [-0.3, -0.25) is 4.68 Å². The van der Waals surface area contributed by atoms with E-state index in [0.717, 1.165) is 36.1 Å². The Kier molecular flexibility index (Phi) is 5.12. The van der Waals surface area contributed by atoms with Gasteiger partial charge in [0.1, 0.15) is 5.76 Å². The Labute approximate surface area is 165 Å². The normalized spacial score (nSPS) is 14.0. The lowest BCUT2D eigenvalue weighted by molar-refractivity contribution is 0.353. The highest BCUT2D eigenvalue weighted by Gasteiger charge is 2.28. The highest BCUT2D eigenvalue weighted by molar-refractivity contribution is 7.88. The molecule has 2 aromatic heterocycles. The fourth-order valence-corrected chi connectivity index (χ4v) is 5.25. The molecular formula is C21H25N3O3S.